The van der Waals surface area contributed by atoms with Crippen molar-refractivity contribution in [3.63, 3.8) is 0 Å². The first kappa shape index (κ1) is 8.72. The maximum absolute atomic E-state index is 11.0. The first-order chi connectivity index (χ1) is 4.04. The van der Waals surface area contributed by atoms with Crippen LogP contribution in [0.25, 0.3) is 0 Å². The summed E-state index contributed by atoms with van der Waals surface area (Å²) in [7, 11) is -1.67. The van der Waals surface area contributed by atoms with Crippen LogP contribution in [0.5, 0.6) is 0 Å². The van der Waals surface area contributed by atoms with Gasteiger partial charge < -0.3 is 4.57 Å². The third kappa shape index (κ3) is 2.20. The molecule has 0 spiro atoms. The van der Waals surface area contributed by atoms with E-state index in [2.05, 4.69) is 0 Å². The fourth-order valence-electron chi connectivity index (χ4n) is 0.504. The molecule has 0 heterocycles. The summed E-state index contributed by atoms with van der Waals surface area (Å²) < 4.78 is 11.0. The van der Waals surface area contributed by atoms with E-state index in [1.807, 2.05) is 13.0 Å². The van der Waals surface area contributed by atoms with Crippen LogP contribution in [0.1, 0.15) is 20.8 Å². The third-order valence-electron chi connectivity index (χ3n) is 1.30. The molecule has 1 unspecified atom stereocenters. The Balaban J connectivity index is 4.19. The zero-order chi connectivity index (χ0) is 7.49. The minimum Gasteiger partial charge on any atom is -0.325 e. The summed E-state index contributed by atoms with van der Waals surface area (Å²) in [4.78, 5) is 0. The molecular weight excluding hydrogens is 133 g/mol. The molecule has 52 valence electrons. The molecule has 0 N–H and O–H groups in total. The van der Waals surface area contributed by atoms with Crippen LogP contribution >= 0.6 is 7.80 Å². The first-order valence-corrected chi connectivity index (χ1v) is 4.60. The molecule has 0 aliphatic carbocycles. The molecule has 0 aromatic carbocycles. The molecule has 0 fully saturated rings. The molecule has 0 aliphatic heterocycles. The van der Waals surface area contributed by atoms with Gasteiger partial charge >= 0.3 is 0 Å². The van der Waals surface area contributed by atoms with Gasteiger partial charge in [0.25, 0.3) is 0 Å². The highest BCUT2D eigenvalue weighted by molar-refractivity contribution is 7.46. The molecule has 0 aromatic rings. The van der Waals surface area contributed by atoms with Gasteiger partial charge in [0.2, 0.25) is 0 Å². The van der Waals surface area contributed by atoms with E-state index in [0.29, 0.717) is 6.16 Å². The zero-order valence-electron chi connectivity index (χ0n) is 6.06. The van der Waals surface area contributed by atoms with Gasteiger partial charge in [-0.1, -0.05) is 6.92 Å². The lowest BCUT2D eigenvalue weighted by Gasteiger charge is -2.11. The largest absolute Gasteiger partial charge is 0.325 e. The minimum atomic E-state index is -1.67. The van der Waals surface area contributed by atoms with Gasteiger partial charge in [-0.2, -0.15) is 5.26 Å². The molecule has 9 heavy (non-hydrogen) atoms. The molecule has 0 aromatic heterocycles. The maximum atomic E-state index is 11.0. The van der Waals surface area contributed by atoms with E-state index >= 15 is 0 Å². The summed E-state index contributed by atoms with van der Waals surface area (Å²) in [6.45, 7) is 5.29. The van der Waals surface area contributed by atoms with Crippen LogP contribution in [-0.2, 0) is 4.57 Å². The Hall–Kier alpha value is -0.280. The smallest absolute Gasteiger partial charge is 0.102 e. The Bertz CT molecular complexity index is 157. The number of nitriles is 1. The van der Waals surface area contributed by atoms with Gasteiger partial charge in [-0.05, 0) is 20.0 Å². The maximum Gasteiger partial charge on any atom is 0.102 e. The minimum absolute atomic E-state index is 0.598. The van der Waals surface area contributed by atoms with Crippen LogP contribution in [-0.4, -0.2) is 11.3 Å². The third-order valence-corrected chi connectivity index (χ3v) is 3.45. The molecule has 0 amide bonds. The van der Waals surface area contributed by atoms with Gasteiger partial charge in [-0.3, -0.25) is 0 Å². The monoisotopic (exact) mass is 145 g/mol. The van der Waals surface area contributed by atoms with Crippen molar-refractivity contribution in [2.24, 2.45) is 0 Å². The second-order valence-corrected chi connectivity index (χ2v) is 5.32. The van der Waals surface area contributed by atoms with E-state index in [0.717, 1.165) is 0 Å². The Kier molecular flexibility index (Phi) is 2.94. The second kappa shape index (κ2) is 3.03. The highest BCUT2D eigenvalue weighted by Gasteiger charge is 2.22. The SMILES string of the molecule is CC[PH](=O)C(C)(C)C#N. The quantitative estimate of drug-likeness (QED) is 0.556. The van der Waals surface area contributed by atoms with Crippen molar-refractivity contribution in [3.8, 4) is 6.07 Å². The van der Waals surface area contributed by atoms with Crippen LogP contribution < -0.4 is 0 Å². The van der Waals surface area contributed by atoms with Gasteiger partial charge in [0.1, 0.15) is 5.16 Å². The zero-order valence-corrected chi connectivity index (χ0v) is 7.06. The molecule has 3 heteroatoms. The van der Waals surface area contributed by atoms with Crippen molar-refractivity contribution in [1.29, 1.82) is 5.26 Å². The van der Waals surface area contributed by atoms with E-state index in [4.69, 9.17) is 5.26 Å². The van der Waals surface area contributed by atoms with Gasteiger partial charge in [0, 0.05) is 0 Å². The standard InChI is InChI=1S/C6H12NOP/c1-4-9(8)6(2,3)5-7/h9H,4H2,1-3H3. The van der Waals surface area contributed by atoms with E-state index in [1.165, 1.54) is 0 Å². The summed E-state index contributed by atoms with van der Waals surface area (Å²) in [5, 5.41) is 7.87. The van der Waals surface area contributed by atoms with Gasteiger partial charge in [-0.15, -0.1) is 0 Å². The van der Waals surface area contributed by atoms with Gasteiger partial charge in [0.05, 0.1) is 13.9 Å². The first-order valence-electron chi connectivity index (χ1n) is 2.99. The Morgan fingerprint density at radius 1 is 1.67 bits per heavy atom. The van der Waals surface area contributed by atoms with Gasteiger partial charge in [0.15, 0.2) is 0 Å². The molecule has 0 bridgehead atoms. The van der Waals surface area contributed by atoms with E-state index in [9.17, 15) is 4.57 Å². The lowest BCUT2D eigenvalue weighted by Crippen LogP contribution is -2.10. The molecule has 0 saturated carbocycles. The molecule has 0 rings (SSSR count). The molecule has 0 saturated heterocycles. The van der Waals surface area contributed by atoms with E-state index < -0.39 is 13.0 Å². The molecular formula is C6H12NOP. The lowest BCUT2D eigenvalue weighted by atomic mass is 10.2. The summed E-state index contributed by atoms with van der Waals surface area (Å²) in [5.74, 6) is 0. The summed E-state index contributed by atoms with van der Waals surface area (Å²) >= 11 is 0. The average molecular weight is 145 g/mol. The molecule has 0 radical (unpaired) electrons. The molecule has 2 nitrogen and oxygen atoms in total. The Morgan fingerprint density at radius 2 is 2.11 bits per heavy atom. The average Bonchev–Trinajstić information content (AvgIpc) is 1.86. The molecule has 1 atom stereocenters. The summed E-state index contributed by atoms with van der Waals surface area (Å²) in [6, 6.07) is 2.02. The number of rotatable bonds is 2. The predicted molar refractivity (Wildman–Crippen MR) is 39.2 cm³/mol. The number of hydrogen-bond donors (Lipinski definition) is 0. The fourth-order valence-corrected chi connectivity index (χ4v) is 1.51. The lowest BCUT2D eigenvalue weighted by molar-refractivity contribution is 0.575. The fraction of sp³-hybridized carbons (Fsp3) is 0.833. The van der Waals surface area contributed by atoms with Crippen molar-refractivity contribution in [1.82, 2.24) is 0 Å². The van der Waals surface area contributed by atoms with Crippen LogP contribution in [0.15, 0.2) is 0 Å². The van der Waals surface area contributed by atoms with Crippen LogP contribution in [0.2, 0.25) is 0 Å². The van der Waals surface area contributed by atoms with Crippen molar-refractivity contribution >= 4 is 7.80 Å². The highest BCUT2D eigenvalue weighted by atomic mass is 31.1. The van der Waals surface area contributed by atoms with Crippen molar-refractivity contribution in [3.05, 3.63) is 0 Å². The topological polar surface area (TPSA) is 40.9 Å². The normalized spacial score (nSPS) is 14.4. The molecule has 0 aliphatic rings. The van der Waals surface area contributed by atoms with Crippen molar-refractivity contribution in [2.45, 2.75) is 25.9 Å². The van der Waals surface area contributed by atoms with Crippen molar-refractivity contribution < 1.29 is 4.57 Å². The summed E-state index contributed by atoms with van der Waals surface area (Å²) in [6.07, 6.45) is 0.630. The van der Waals surface area contributed by atoms with Crippen LogP contribution in [0.3, 0.4) is 0 Å². The van der Waals surface area contributed by atoms with E-state index in [-0.39, 0.29) is 0 Å². The Morgan fingerprint density at radius 3 is 2.22 bits per heavy atom. The second-order valence-electron chi connectivity index (χ2n) is 2.51. The van der Waals surface area contributed by atoms with Crippen molar-refractivity contribution in [2.75, 3.05) is 6.16 Å². The highest BCUT2D eigenvalue weighted by Crippen LogP contribution is 2.36. The summed E-state index contributed by atoms with van der Waals surface area (Å²) in [5.41, 5.74) is 0. The van der Waals surface area contributed by atoms with Gasteiger partial charge in [-0.25, -0.2) is 0 Å². The van der Waals surface area contributed by atoms with Crippen LogP contribution in [0.4, 0.5) is 0 Å². The van der Waals surface area contributed by atoms with Crippen LogP contribution in [0, 0.1) is 11.3 Å². The number of hydrogen-bond acceptors (Lipinski definition) is 2. The predicted octanol–water partition coefficient (Wildman–Crippen LogP) is 1.87. The number of nitrogens with zero attached hydrogens (tertiary/aromatic N) is 1. The Labute approximate surface area is 56.7 Å². The van der Waals surface area contributed by atoms with E-state index in [1.54, 1.807) is 13.8 Å².